The third kappa shape index (κ3) is 2.71. The number of carbonyl (C=O) groups excluding carboxylic acids is 2. The highest BCUT2D eigenvalue weighted by atomic mass is 32.2. The van der Waals surface area contributed by atoms with E-state index in [2.05, 4.69) is 0 Å². The molecule has 6 nitrogen and oxygen atoms in total. The molecule has 1 aromatic heterocycles. The number of nitrogens with zero attached hydrogens (tertiary/aromatic N) is 1. The molecule has 0 aliphatic rings. The first-order chi connectivity index (χ1) is 9.48. The first-order valence-corrected chi connectivity index (χ1v) is 7.41. The maximum absolute atomic E-state index is 11.1. The van der Waals surface area contributed by atoms with Crippen molar-refractivity contribution in [3.8, 4) is 0 Å². The molecular formula is C13H11NO5S. The van der Waals surface area contributed by atoms with E-state index in [1.54, 1.807) is 36.1 Å². The van der Waals surface area contributed by atoms with Crippen molar-refractivity contribution in [1.82, 2.24) is 4.57 Å². The molecule has 0 atom stereocenters. The summed E-state index contributed by atoms with van der Waals surface area (Å²) in [6.07, 6.45) is 0.0726. The molecule has 0 unspecified atom stereocenters. The summed E-state index contributed by atoms with van der Waals surface area (Å²) >= 11 is 0. The number of aromatic nitrogens is 1. The van der Waals surface area contributed by atoms with Crippen LogP contribution < -0.4 is 10.7 Å². The molecule has 0 aliphatic heterocycles. The largest absolute Gasteiger partial charge is 0.322 e. The third-order valence-corrected chi connectivity index (χ3v) is 3.76. The van der Waals surface area contributed by atoms with Gasteiger partial charge in [-0.15, -0.1) is 0 Å². The molecule has 104 valence electrons. The summed E-state index contributed by atoms with van der Waals surface area (Å²) in [4.78, 5) is 22.2. The summed E-state index contributed by atoms with van der Waals surface area (Å²) < 4.78 is 31.5. The second-order valence-corrected chi connectivity index (χ2v) is 5.81. The van der Waals surface area contributed by atoms with Crippen LogP contribution in [0.3, 0.4) is 0 Å². The molecule has 20 heavy (non-hydrogen) atoms. The van der Waals surface area contributed by atoms with Crippen LogP contribution in [0.15, 0.2) is 24.3 Å². The van der Waals surface area contributed by atoms with Crippen molar-refractivity contribution >= 4 is 32.8 Å². The van der Waals surface area contributed by atoms with Crippen molar-refractivity contribution in [3.63, 3.8) is 0 Å². The van der Waals surface area contributed by atoms with E-state index in [0.717, 1.165) is 0 Å². The second-order valence-electron chi connectivity index (χ2n) is 4.24. The quantitative estimate of drug-likeness (QED) is 0.724. The van der Waals surface area contributed by atoms with E-state index < -0.39 is 15.9 Å². The van der Waals surface area contributed by atoms with Crippen LogP contribution in [0.5, 0.6) is 0 Å². The van der Waals surface area contributed by atoms with Gasteiger partial charge in [-0.25, -0.2) is 9.59 Å². The molecule has 7 heteroatoms. The molecule has 1 aromatic carbocycles. The van der Waals surface area contributed by atoms with Crippen LogP contribution in [0.25, 0.3) is 10.8 Å². The van der Waals surface area contributed by atoms with E-state index in [4.69, 9.17) is 4.55 Å². The van der Waals surface area contributed by atoms with Gasteiger partial charge in [-0.05, 0) is 6.42 Å². The lowest BCUT2D eigenvalue weighted by Crippen LogP contribution is -2.29. The summed E-state index contributed by atoms with van der Waals surface area (Å²) in [7, 11) is -4.07. The second kappa shape index (κ2) is 5.45. The molecule has 1 heterocycles. The van der Waals surface area contributed by atoms with E-state index in [1.807, 2.05) is 0 Å². The monoisotopic (exact) mass is 293 g/mol. The van der Waals surface area contributed by atoms with E-state index in [1.165, 1.54) is 4.57 Å². The normalized spacial score (nSPS) is 11.2. The van der Waals surface area contributed by atoms with Gasteiger partial charge in [-0.3, -0.25) is 4.55 Å². The number of benzene rings is 1. The Labute approximate surface area is 114 Å². The summed E-state index contributed by atoms with van der Waals surface area (Å²) in [5, 5.41) is 1.48. The fourth-order valence-corrected chi connectivity index (χ4v) is 2.64. The van der Waals surface area contributed by atoms with Gasteiger partial charge in [0.05, 0.1) is 5.75 Å². The number of hydrogen-bond acceptors (Lipinski definition) is 4. The zero-order valence-electron chi connectivity index (χ0n) is 10.4. The maximum atomic E-state index is 11.1. The summed E-state index contributed by atoms with van der Waals surface area (Å²) in [5.74, 6) is 3.08. The molecule has 0 saturated heterocycles. The van der Waals surface area contributed by atoms with Gasteiger partial charge in [-0.2, -0.15) is 8.42 Å². The molecule has 2 rings (SSSR count). The van der Waals surface area contributed by atoms with Gasteiger partial charge in [0.25, 0.3) is 10.1 Å². The Bertz CT molecular complexity index is 859. The van der Waals surface area contributed by atoms with Crippen molar-refractivity contribution in [2.45, 2.75) is 13.0 Å². The third-order valence-electron chi connectivity index (χ3n) is 2.95. The van der Waals surface area contributed by atoms with Gasteiger partial charge in [0.2, 0.25) is 0 Å². The van der Waals surface area contributed by atoms with Crippen LogP contribution >= 0.6 is 0 Å². The van der Waals surface area contributed by atoms with Crippen LogP contribution in [-0.4, -0.2) is 35.2 Å². The minimum absolute atomic E-state index is 0.0726. The molecule has 0 aliphatic carbocycles. The first kappa shape index (κ1) is 14.2. The predicted octanol–water partition coefficient (Wildman–Crippen LogP) is -1.07. The summed E-state index contributed by atoms with van der Waals surface area (Å²) in [6, 6.07) is 6.80. The van der Waals surface area contributed by atoms with Crippen LogP contribution in [0, 0.1) is 0 Å². The fourth-order valence-electron chi connectivity index (χ4n) is 2.15. The summed E-state index contributed by atoms with van der Waals surface area (Å²) in [5.41, 5.74) is 0. The van der Waals surface area contributed by atoms with E-state index >= 15 is 0 Å². The minimum Gasteiger partial charge on any atom is -0.322 e. The average molecular weight is 293 g/mol. The van der Waals surface area contributed by atoms with Crippen LogP contribution in [-0.2, 0) is 26.3 Å². The Kier molecular flexibility index (Phi) is 3.88. The highest BCUT2D eigenvalue weighted by Gasteiger charge is 2.10. The highest BCUT2D eigenvalue weighted by molar-refractivity contribution is 7.85. The molecule has 0 saturated carbocycles. The van der Waals surface area contributed by atoms with Crippen molar-refractivity contribution in [2.75, 3.05) is 5.75 Å². The molecule has 0 fully saturated rings. The lowest BCUT2D eigenvalue weighted by atomic mass is 10.2. The lowest BCUT2D eigenvalue weighted by Gasteiger charge is -2.01. The van der Waals surface area contributed by atoms with Crippen LogP contribution in [0.1, 0.15) is 6.42 Å². The van der Waals surface area contributed by atoms with Crippen molar-refractivity contribution in [2.24, 2.45) is 0 Å². The molecule has 1 N–H and O–H groups in total. The Morgan fingerprint density at radius 3 is 1.95 bits per heavy atom. The highest BCUT2D eigenvalue weighted by Crippen LogP contribution is 2.04. The average Bonchev–Trinajstić information content (AvgIpc) is 2.70. The Morgan fingerprint density at radius 1 is 1.05 bits per heavy atom. The number of rotatable bonds is 4. The lowest BCUT2D eigenvalue weighted by molar-refractivity contribution is 0.478. The minimum atomic E-state index is -4.07. The Hall–Kier alpha value is -2.17. The summed E-state index contributed by atoms with van der Waals surface area (Å²) in [6.45, 7) is 0.101. The van der Waals surface area contributed by atoms with Gasteiger partial charge in [0.15, 0.2) is 11.9 Å². The van der Waals surface area contributed by atoms with Gasteiger partial charge in [0, 0.05) is 17.3 Å². The topological polar surface area (TPSA) is 93.4 Å². The van der Waals surface area contributed by atoms with Gasteiger partial charge >= 0.3 is 0 Å². The molecule has 0 amide bonds. The van der Waals surface area contributed by atoms with E-state index in [0.29, 0.717) is 10.8 Å². The zero-order valence-corrected chi connectivity index (χ0v) is 11.2. The maximum Gasteiger partial charge on any atom is 0.264 e. The molecule has 2 aromatic rings. The van der Waals surface area contributed by atoms with Gasteiger partial charge < -0.3 is 4.57 Å². The van der Waals surface area contributed by atoms with Crippen LogP contribution in [0.2, 0.25) is 0 Å². The zero-order chi connectivity index (χ0) is 14.8. The molecule has 0 bridgehead atoms. The Morgan fingerprint density at radius 2 is 1.55 bits per heavy atom. The number of fused-ring (bicyclic) bond motifs is 1. The molecule has 0 spiro atoms. The van der Waals surface area contributed by atoms with Crippen LogP contribution in [0.4, 0.5) is 0 Å². The van der Waals surface area contributed by atoms with E-state index in [-0.39, 0.29) is 23.7 Å². The standard InChI is InChI=1S/C13H11NO5S/c15-8-12-10-4-1-2-5-11(10)13(9-16)14(12)6-3-7-20(17,18)19/h1-2,4-5H,3,6-7H2,(H,17,18,19). The number of hydrogen-bond donors (Lipinski definition) is 1. The van der Waals surface area contributed by atoms with E-state index in [9.17, 15) is 18.0 Å². The smallest absolute Gasteiger partial charge is 0.264 e. The van der Waals surface area contributed by atoms with Crippen molar-refractivity contribution in [1.29, 1.82) is 0 Å². The van der Waals surface area contributed by atoms with Gasteiger partial charge in [0.1, 0.15) is 10.7 Å². The molecule has 0 radical (unpaired) electrons. The van der Waals surface area contributed by atoms with Crippen molar-refractivity contribution in [3.05, 3.63) is 35.0 Å². The van der Waals surface area contributed by atoms with Crippen molar-refractivity contribution < 1.29 is 22.6 Å². The SMILES string of the molecule is O=C=c1c2ccccc2c(=C=O)n1CCCS(=O)(=O)O. The fraction of sp³-hybridized carbons (Fsp3) is 0.231. The first-order valence-electron chi connectivity index (χ1n) is 5.80. The molecular weight excluding hydrogens is 282 g/mol. The predicted molar refractivity (Wildman–Crippen MR) is 71.8 cm³/mol. The van der Waals surface area contributed by atoms with Gasteiger partial charge in [-0.1, -0.05) is 24.3 Å². The Balaban J connectivity index is 2.59.